The van der Waals surface area contributed by atoms with Crippen LogP contribution in [0.3, 0.4) is 0 Å². The molecular weight excluding hydrogens is 433 g/mol. The quantitative estimate of drug-likeness (QED) is 0.431. The van der Waals surface area contributed by atoms with E-state index in [4.69, 9.17) is 31.9 Å². The van der Waals surface area contributed by atoms with Gasteiger partial charge >= 0.3 is 12.1 Å². The number of nitrogens with one attached hydrogen (secondary N) is 1. The molecule has 0 unspecified atom stereocenters. The van der Waals surface area contributed by atoms with E-state index in [2.05, 4.69) is 4.72 Å². The van der Waals surface area contributed by atoms with E-state index in [0.717, 1.165) is 24.1 Å². The first kappa shape index (κ1) is 24.7. The molecule has 0 aliphatic heterocycles. The maximum Gasteiger partial charge on any atom is 0.418 e. The molecule has 0 fully saturated rings. The molecule has 0 saturated carbocycles. The number of aromatic carboxylic acids is 1. The van der Waals surface area contributed by atoms with Crippen molar-refractivity contribution >= 4 is 35.2 Å². The molecule has 0 atom stereocenters. The van der Waals surface area contributed by atoms with Gasteiger partial charge in [-0.25, -0.2) is 4.79 Å². The molecule has 0 amide bonds. The van der Waals surface area contributed by atoms with Crippen molar-refractivity contribution in [2.75, 3.05) is 26.2 Å². The SMILES string of the molecule is COc1ccc(CNSC)cc1OC.Nc1c(C(=O)O)cc(Cl)cc1C(F)(F)F. The number of carbonyl (C=O) groups is 1. The minimum atomic E-state index is -4.72. The van der Waals surface area contributed by atoms with Gasteiger partial charge in [-0.1, -0.05) is 29.6 Å². The Hall–Kier alpha value is -2.30. The van der Waals surface area contributed by atoms with Gasteiger partial charge in [0.25, 0.3) is 0 Å². The Labute approximate surface area is 175 Å². The highest BCUT2D eigenvalue weighted by Crippen LogP contribution is 2.37. The molecule has 0 aliphatic rings. The minimum Gasteiger partial charge on any atom is -0.493 e. The first-order chi connectivity index (χ1) is 13.5. The van der Waals surface area contributed by atoms with Crippen LogP contribution in [-0.4, -0.2) is 31.6 Å². The van der Waals surface area contributed by atoms with E-state index in [0.29, 0.717) is 6.07 Å². The highest BCUT2D eigenvalue weighted by atomic mass is 35.5. The molecule has 0 heterocycles. The van der Waals surface area contributed by atoms with Crippen LogP contribution < -0.4 is 19.9 Å². The van der Waals surface area contributed by atoms with Crippen LogP contribution in [0, 0.1) is 0 Å². The molecule has 0 aliphatic carbocycles. The summed E-state index contributed by atoms with van der Waals surface area (Å²) in [5.41, 5.74) is 3.52. The molecule has 160 valence electrons. The largest absolute Gasteiger partial charge is 0.493 e. The van der Waals surface area contributed by atoms with Gasteiger partial charge in [0.2, 0.25) is 0 Å². The van der Waals surface area contributed by atoms with Gasteiger partial charge in [0.05, 0.1) is 31.0 Å². The van der Waals surface area contributed by atoms with Gasteiger partial charge in [-0.15, -0.1) is 0 Å². The number of methoxy groups -OCH3 is 2. The summed E-state index contributed by atoms with van der Waals surface area (Å²) in [7, 11) is 3.28. The lowest BCUT2D eigenvalue weighted by Gasteiger charge is -2.12. The van der Waals surface area contributed by atoms with E-state index in [1.165, 1.54) is 5.56 Å². The molecule has 0 saturated heterocycles. The Bertz CT molecular complexity index is 851. The maximum atomic E-state index is 12.3. The number of anilines is 1. The van der Waals surface area contributed by atoms with Crippen molar-refractivity contribution in [2.24, 2.45) is 0 Å². The standard InChI is InChI=1S/C10H15NO2S.C8H5ClF3NO2/c1-12-9-5-4-8(7-11-14-3)6-10(9)13-2;9-3-1-4(7(14)15)6(13)5(2-3)8(10,11)12/h4-6,11H,7H2,1-3H3;1-2H,13H2,(H,14,15). The second-order valence-electron chi connectivity index (χ2n) is 5.43. The van der Waals surface area contributed by atoms with Gasteiger partial charge in [-0.05, 0) is 36.1 Å². The molecule has 0 aromatic heterocycles. The third-order valence-corrected chi connectivity index (χ3v) is 4.20. The van der Waals surface area contributed by atoms with Crippen LogP contribution in [0.4, 0.5) is 18.9 Å². The van der Waals surface area contributed by atoms with E-state index in [9.17, 15) is 18.0 Å². The van der Waals surface area contributed by atoms with Gasteiger partial charge in [0, 0.05) is 11.6 Å². The zero-order chi connectivity index (χ0) is 22.2. The van der Waals surface area contributed by atoms with Crippen LogP contribution in [0.15, 0.2) is 30.3 Å². The van der Waals surface area contributed by atoms with Crippen LogP contribution in [0.5, 0.6) is 11.5 Å². The zero-order valence-electron chi connectivity index (χ0n) is 15.8. The number of carboxylic acids is 1. The highest BCUT2D eigenvalue weighted by molar-refractivity contribution is 7.96. The molecular formula is C18H20ClF3N2O4S. The maximum absolute atomic E-state index is 12.3. The fourth-order valence-corrected chi connectivity index (χ4v) is 2.70. The second kappa shape index (κ2) is 11.0. The Morgan fingerprint density at radius 2 is 1.83 bits per heavy atom. The summed E-state index contributed by atoms with van der Waals surface area (Å²) in [4.78, 5) is 10.5. The summed E-state index contributed by atoms with van der Waals surface area (Å²) in [5, 5.41) is 8.25. The van der Waals surface area contributed by atoms with Crippen molar-refractivity contribution in [2.45, 2.75) is 12.7 Å². The summed E-state index contributed by atoms with van der Waals surface area (Å²) < 4.78 is 50.5. The van der Waals surface area contributed by atoms with Gasteiger partial charge in [0.1, 0.15) is 0 Å². The molecule has 2 rings (SSSR count). The Morgan fingerprint density at radius 1 is 1.21 bits per heavy atom. The number of rotatable bonds is 6. The fraction of sp³-hybridized carbons (Fsp3) is 0.278. The van der Waals surface area contributed by atoms with Crippen molar-refractivity contribution in [1.29, 1.82) is 0 Å². The monoisotopic (exact) mass is 452 g/mol. The first-order valence-electron chi connectivity index (χ1n) is 7.91. The van der Waals surface area contributed by atoms with Gasteiger partial charge in [-0.3, -0.25) is 4.72 Å². The van der Waals surface area contributed by atoms with Crippen molar-refractivity contribution in [1.82, 2.24) is 4.72 Å². The molecule has 0 bridgehead atoms. The lowest BCUT2D eigenvalue weighted by atomic mass is 10.1. The minimum absolute atomic E-state index is 0.325. The summed E-state index contributed by atoms with van der Waals surface area (Å²) in [6.45, 7) is 0.821. The normalized spacial score (nSPS) is 10.7. The number of alkyl halides is 3. The zero-order valence-corrected chi connectivity index (χ0v) is 17.3. The summed E-state index contributed by atoms with van der Waals surface area (Å²) in [6, 6.07) is 7.36. The summed E-state index contributed by atoms with van der Waals surface area (Å²) in [6.07, 6.45) is -2.72. The Kier molecular flexibility index (Phi) is 9.41. The van der Waals surface area contributed by atoms with E-state index in [-0.39, 0.29) is 5.02 Å². The molecule has 11 heteroatoms. The molecule has 29 heavy (non-hydrogen) atoms. The fourth-order valence-electron chi connectivity index (χ4n) is 2.18. The molecule has 0 radical (unpaired) electrons. The van der Waals surface area contributed by atoms with Crippen molar-refractivity contribution < 1.29 is 32.5 Å². The lowest BCUT2D eigenvalue weighted by Crippen LogP contribution is -2.13. The number of nitrogens with two attached hydrogens (primary N) is 1. The van der Waals surface area contributed by atoms with Crippen LogP contribution >= 0.6 is 23.5 Å². The van der Waals surface area contributed by atoms with Crippen LogP contribution in [0.25, 0.3) is 0 Å². The second-order valence-corrected chi connectivity index (χ2v) is 6.57. The topological polar surface area (TPSA) is 93.8 Å². The van der Waals surface area contributed by atoms with E-state index >= 15 is 0 Å². The van der Waals surface area contributed by atoms with Gasteiger partial charge in [-0.2, -0.15) is 13.2 Å². The van der Waals surface area contributed by atoms with Crippen LogP contribution in [0.2, 0.25) is 5.02 Å². The number of halogens is 4. The van der Waals surface area contributed by atoms with Crippen molar-refractivity contribution in [3.8, 4) is 11.5 Å². The number of ether oxygens (including phenoxy) is 2. The number of hydrogen-bond donors (Lipinski definition) is 3. The first-order valence-corrected chi connectivity index (χ1v) is 9.51. The number of hydrogen-bond acceptors (Lipinski definition) is 6. The van der Waals surface area contributed by atoms with Gasteiger partial charge < -0.3 is 20.3 Å². The molecule has 2 aromatic rings. The summed E-state index contributed by atoms with van der Waals surface area (Å²) >= 11 is 6.95. The van der Waals surface area contributed by atoms with E-state index in [1.807, 2.05) is 24.5 Å². The van der Waals surface area contributed by atoms with Crippen LogP contribution in [-0.2, 0) is 12.7 Å². The van der Waals surface area contributed by atoms with Gasteiger partial charge in [0.15, 0.2) is 11.5 Å². The predicted molar refractivity (Wildman–Crippen MR) is 108 cm³/mol. The average molecular weight is 453 g/mol. The molecule has 4 N–H and O–H groups in total. The number of nitrogen functional groups attached to an aromatic ring is 1. The number of benzene rings is 2. The van der Waals surface area contributed by atoms with Crippen molar-refractivity contribution in [3.63, 3.8) is 0 Å². The highest BCUT2D eigenvalue weighted by Gasteiger charge is 2.35. The van der Waals surface area contributed by atoms with E-state index < -0.39 is 29.0 Å². The van der Waals surface area contributed by atoms with Crippen molar-refractivity contribution in [3.05, 3.63) is 52.0 Å². The Morgan fingerprint density at radius 3 is 2.31 bits per heavy atom. The average Bonchev–Trinajstić information content (AvgIpc) is 2.67. The molecule has 2 aromatic carbocycles. The lowest BCUT2D eigenvalue weighted by molar-refractivity contribution is -0.136. The Balaban J connectivity index is 0.000000291. The third-order valence-electron chi connectivity index (χ3n) is 3.55. The summed E-state index contributed by atoms with van der Waals surface area (Å²) in [5.74, 6) is -0.0196. The van der Waals surface area contributed by atoms with E-state index in [1.54, 1.807) is 26.2 Å². The third kappa shape index (κ3) is 7.22. The molecule has 0 spiro atoms. The van der Waals surface area contributed by atoms with Crippen LogP contribution in [0.1, 0.15) is 21.5 Å². The predicted octanol–water partition coefficient (Wildman–Crippen LogP) is 4.71. The smallest absolute Gasteiger partial charge is 0.418 e. The number of carboxylic acid groups (broad SMARTS) is 1. The molecule has 6 nitrogen and oxygen atoms in total.